The van der Waals surface area contributed by atoms with Crippen molar-refractivity contribution in [2.24, 2.45) is 0 Å². The van der Waals surface area contributed by atoms with E-state index in [4.69, 9.17) is 0 Å². The Morgan fingerprint density at radius 1 is 1.29 bits per heavy atom. The van der Waals surface area contributed by atoms with Crippen LogP contribution in [0.4, 0.5) is 10.5 Å². The van der Waals surface area contributed by atoms with Gasteiger partial charge in [-0.25, -0.2) is 14.8 Å². The fourth-order valence-electron chi connectivity index (χ4n) is 2.15. The van der Waals surface area contributed by atoms with E-state index in [0.29, 0.717) is 17.3 Å². The van der Waals surface area contributed by atoms with Crippen molar-refractivity contribution < 1.29 is 9.00 Å². The molecule has 7 heteroatoms. The van der Waals surface area contributed by atoms with E-state index in [0.717, 1.165) is 11.3 Å². The van der Waals surface area contributed by atoms with Gasteiger partial charge in [-0.15, -0.1) is 0 Å². The highest BCUT2D eigenvalue weighted by Crippen LogP contribution is 2.18. The van der Waals surface area contributed by atoms with Crippen molar-refractivity contribution >= 4 is 22.5 Å². The van der Waals surface area contributed by atoms with Gasteiger partial charge in [-0.2, -0.15) is 0 Å². The number of carbonyl (C=O) groups excluding carboxylic acids is 1. The highest BCUT2D eigenvalue weighted by molar-refractivity contribution is 7.84. The first-order valence-corrected chi connectivity index (χ1v) is 9.33. The molecule has 0 saturated heterocycles. The summed E-state index contributed by atoms with van der Waals surface area (Å²) < 4.78 is 11.3. The van der Waals surface area contributed by atoms with Crippen molar-refractivity contribution in [3.05, 3.63) is 42.2 Å². The van der Waals surface area contributed by atoms with Gasteiger partial charge in [-0.3, -0.25) is 4.21 Å². The van der Waals surface area contributed by atoms with E-state index < -0.39 is 10.8 Å². The summed E-state index contributed by atoms with van der Waals surface area (Å²) in [5.41, 5.74) is 2.48. The standard InChI is InChI=1S/C17H22N4O2S/c1-12-9-10-18-16(19-12)14-5-7-15(8-6-14)20-17(22)21(3)13(2)11-24(4)23/h5-10,13H,11H2,1-4H3,(H,20,22)/t13-,24+/m0/s1. The Bertz CT molecular complexity index is 734. The van der Waals surface area contributed by atoms with Crippen molar-refractivity contribution in [2.75, 3.05) is 24.4 Å². The van der Waals surface area contributed by atoms with Crippen LogP contribution in [0.5, 0.6) is 0 Å². The fraction of sp³-hybridized carbons (Fsp3) is 0.353. The van der Waals surface area contributed by atoms with Crippen LogP contribution in [-0.4, -0.2) is 50.2 Å². The van der Waals surface area contributed by atoms with Crippen LogP contribution in [0.25, 0.3) is 11.4 Å². The van der Waals surface area contributed by atoms with Crippen molar-refractivity contribution in [2.45, 2.75) is 19.9 Å². The van der Waals surface area contributed by atoms with E-state index in [1.54, 1.807) is 24.4 Å². The van der Waals surface area contributed by atoms with Crippen LogP contribution in [-0.2, 0) is 10.8 Å². The smallest absolute Gasteiger partial charge is 0.321 e. The fourth-order valence-corrected chi connectivity index (χ4v) is 3.06. The maximum atomic E-state index is 12.2. The molecule has 1 aromatic carbocycles. The molecule has 0 unspecified atom stereocenters. The van der Waals surface area contributed by atoms with Crippen LogP contribution in [0.3, 0.4) is 0 Å². The number of amides is 2. The zero-order chi connectivity index (χ0) is 17.7. The number of benzene rings is 1. The molecule has 6 nitrogen and oxygen atoms in total. The van der Waals surface area contributed by atoms with Gasteiger partial charge in [0.2, 0.25) is 0 Å². The second-order valence-corrected chi connectivity index (χ2v) is 7.21. The monoisotopic (exact) mass is 346 g/mol. The molecule has 0 bridgehead atoms. The molecule has 0 spiro atoms. The van der Waals surface area contributed by atoms with E-state index in [1.165, 1.54) is 0 Å². The van der Waals surface area contributed by atoms with E-state index >= 15 is 0 Å². The molecule has 0 aliphatic heterocycles. The summed E-state index contributed by atoms with van der Waals surface area (Å²) >= 11 is 0. The lowest BCUT2D eigenvalue weighted by molar-refractivity contribution is 0.212. The van der Waals surface area contributed by atoms with Gasteiger partial charge in [-0.1, -0.05) is 0 Å². The van der Waals surface area contributed by atoms with E-state index in [-0.39, 0.29) is 12.1 Å². The third-order valence-electron chi connectivity index (χ3n) is 3.65. The highest BCUT2D eigenvalue weighted by atomic mass is 32.2. The predicted octanol–water partition coefficient (Wildman–Crippen LogP) is 2.68. The van der Waals surface area contributed by atoms with Crippen LogP contribution in [0.15, 0.2) is 36.5 Å². The van der Waals surface area contributed by atoms with Crippen LogP contribution < -0.4 is 5.32 Å². The van der Waals surface area contributed by atoms with Crippen molar-refractivity contribution in [1.82, 2.24) is 14.9 Å². The molecule has 1 aromatic heterocycles. The van der Waals surface area contributed by atoms with E-state index in [9.17, 15) is 9.00 Å². The number of urea groups is 1. The van der Waals surface area contributed by atoms with Crippen LogP contribution in [0.1, 0.15) is 12.6 Å². The van der Waals surface area contributed by atoms with Gasteiger partial charge in [0.25, 0.3) is 0 Å². The molecule has 0 aliphatic rings. The molecule has 128 valence electrons. The number of nitrogens with one attached hydrogen (secondary N) is 1. The minimum absolute atomic E-state index is 0.101. The molecule has 2 aromatic rings. The molecule has 2 atom stereocenters. The maximum Gasteiger partial charge on any atom is 0.321 e. The third kappa shape index (κ3) is 4.86. The molecule has 1 heterocycles. The summed E-state index contributed by atoms with van der Waals surface area (Å²) in [6.45, 7) is 3.79. The second kappa shape index (κ2) is 8.01. The second-order valence-electron chi connectivity index (χ2n) is 5.73. The predicted molar refractivity (Wildman–Crippen MR) is 97.4 cm³/mol. The molecule has 2 rings (SSSR count). The van der Waals surface area contributed by atoms with E-state index in [1.807, 2.05) is 44.2 Å². The topological polar surface area (TPSA) is 75.2 Å². The maximum absolute atomic E-state index is 12.2. The number of anilines is 1. The minimum Gasteiger partial charge on any atom is -0.324 e. The number of aryl methyl sites for hydroxylation is 1. The molecule has 0 radical (unpaired) electrons. The average Bonchev–Trinajstić information content (AvgIpc) is 2.54. The van der Waals surface area contributed by atoms with Gasteiger partial charge >= 0.3 is 6.03 Å². The van der Waals surface area contributed by atoms with Crippen molar-refractivity contribution in [3.8, 4) is 11.4 Å². The minimum atomic E-state index is -0.941. The Morgan fingerprint density at radius 3 is 2.54 bits per heavy atom. The number of rotatable bonds is 5. The number of nitrogens with zero attached hydrogens (tertiary/aromatic N) is 3. The molecule has 0 fully saturated rings. The largest absolute Gasteiger partial charge is 0.324 e. The SMILES string of the molecule is Cc1ccnc(-c2ccc(NC(=O)N(C)[C@@H](C)C[S@@](C)=O)cc2)n1. The molecular weight excluding hydrogens is 324 g/mol. The summed E-state index contributed by atoms with van der Waals surface area (Å²) in [4.78, 5) is 22.4. The molecule has 0 saturated carbocycles. The zero-order valence-corrected chi connectivity index (χ0v) is 15.1. The number of hydrogen-bond donors (Lipinski definition) is 1. The quantitative estimate of drug-likeness (QED) is 0.903. The third-order valence-corrected chi connectivity index (χ3v) is 4.60. The first-order chi connectivity index (χ1) is 11.4. The molecule has 0 aliphatic carbocycles. The normalized spacial score (nSPS) is 13.2. The van der Waals surface area contributed by atoms with Crippen LogP contribution in [0.2, 0.25) is 0 Å². The number of hydrogen-bond acceptors (Lipinski definition) is 4. The van der Waals surface area contributed by atoms with E-state index in [2.05, 4.69) is 15.3 Å². The van der Waals surface area contributed by atoms with Crippen molar-refractivity contribution in [3.63, 3.8) is 0 Å². The average molecular weight is 346 g/mol. The Balaban J connectivity index is 2.03. The Labute approximate surface area is 144 Å². The van der Waals surface area contributed by atoms with Gasteiger partial charge in [0.1, 0.15) is 0 Å². The first kappa shape index (κ1) is 18.1. The molecule has 24 heavy (non-hydrogen) atoms. The molecular formula is C17H22N4O2S. The lowest BCUT2D eigenvalue weighted by Gasteiger charge is -2.24. The summed E-state index contributed by atoms with van der Waals surface area (Å²) in [5, 5.41) is 2.83. The Kier molecular flexibility index (Phi) is 6.03. The Morgan fingerprint density at radius 2 is 1.96 bits per heavy atom. The summed E-state index contributed by atoms with van der Waals surface area (Å²) in [6, 6.07) is 8.89. The summed E-state index contributed by atoms with van der Waals surface area (Å²) in [5.74, 6) is 1.11. The van der Waals surface area contributed by atoms with Gasteiger partial charge in [0, 0.05) is 59.0 Å². The summed E-state index contributed by atoms with van der Waals surface area (Å²) in [7, 11) is 0.755. The first-order valence-electron chi connectivity index (χ1n) is 7.60. The van der Waals surface area contributed by atoms with Crippen molar-refractivity contribution in [1.29, 1.82) is 0 Å². The zero-order valence-electron chi connectivity index (χ0n) is 14.3. The Hall–Kier alpha value is -2.28. The number of carbonyl (C=O) groups is 1. The lowest BCUT2D eigenvalue weighted by atomic mass is 10.2. The molecule has 1 N–H and O–H groups in total. The lowest BCUT2D eigenvalue weighted by Crippen LogP contribution is -2.40. The molecule has 2 amide bonds. The van der Waals surface area contributed by atoms with Gasteiger partial charge < -0.3 is 10.2 Å². The van der Waals surface area contributed by atoms with Gasteiger partial charge in [-0.05, 0) is 44.2 Å². The summed E-state index contributed by atoms with van der Waals surface area (Å²) in [6.07, 6.45) is 3.36. The van der Waals surface area contributed by atoms with Crippen LogP contribution in [0, 0.1) is 6.92 Å². The highest BCUT2D eigenvalue weighted by Gasteiger charge is 2.16. The van der Waals surface area contributed by atoms with Gasteiger partial charge in [0.15, 0.2) is 5.82 Å². The van der Waals surface area contributed by atoms with Gasteiger partial charge in [0.05, 0.1) is 0 Å². The van der Waals surface area contributed by atoms with Crippen LogP contribution >= 0.6 is 0 Å². The number of aromatic nitrogens is 2.